The molecule has 0 unspecified atom stereocenters. The highest BCUT2D eigenvalue weighted by Crippen LogP contribution is 2.22. The fourth-order valence-corrected chi connectivity index (χ4v) is 1.18. The zero-order valence-electron chi connectivity index (χ0n) is 4.09. The second-order valence-electron chi connectivity index (χ2n) is 1.59. The normalized spacial score (nSPS) is 15.0. The van der Waals surface area contributed by atoms with Crippen molar-refractivity contribution < 1.29 is 0 Å². The molecule has 1 nitrogen and oxygen atoms in total. The second kappa shape index (κ2) is 1.33. The van der Waals surface area contributed by atoms with Crippen molar-refractivity contribution in [1.82, 2.24) is 4.98 Å². The number of rotatable bonds is 1. The lowest BCUT2D eigenvalue weighted by molar-refractivity contribution is 1.18. The molecule has 0 amide bonds. The number of hydrogen-bond donors (Lipinski definition) is 0. The summed E-state index contributed by atoms with van der Waals surface area (Å²) in [6, 6.07) is 0. The maximum Gasteiger partial charge on any atom is 0.133 e. The van der Waals surface area contributed by atoms with Gasteiger partial charge in [0.25, 0.3) is 0 Å². The maximum atomic E-state index is 4.07. The Hall–Kier alpha value is -0.810. The topological polar surface area (TPSA) is 12.9 Å². The Bertz CT molecular complexity index is 231. The third kappa shape index (κ3) is 0.524. The van der Waals surface area contributed by atoms with E-state index >= 15 is 0 Å². The Morgan fingerprint density at radius 1 is 1.62 bits per heavy atom. The summed E-state index contributed by atoms with van der Waals surface area (Å²) >= 11 is 1.66. The van der Waals surface area contributed by atoms with E-state index in [1.807, 2.05) is 11.6 Å². The van der Waals surface area contributed by atoms with Gasteiger partial charge in [-0.1, -0.05) is 11.8 Å². The molecule has 0 N–H and O–H groups in total. The van der Waals surface area contributed by atoms with Crippen LogP contribution in [0.2, 0.25) is 0 Å². The van der Waals surface area contributed by atoms with Gasteiger partial charge in [-0.15, -0.1) is 11.3 Å². The minimum Gasteiger partial charge on any atom is -0.247 e. The van der Waals surface area contributed by atoms with E-state index in [1.165, 1.54) is 0 Å². The largest absolute Gasteiger partial charge is 0.247 e. The highest BCUT2D eigenvalue weighted by Gasteiger charge is 2.14. The van der Waals surface area contributed by atoms with Crippen molar-refractivity contribution in [2.45, 2.75) is 5.92 Å². The molecule has 8 heavy (non-hydrogen) atoms. The van der Waals surface area contributed by atoms with Crippen LogP contribution in [0.1, 0.15) is 10.9 Å². The van der Waals surface area contributed by atoms with Gasteiger partial charge in [-0.05, 0) is 0 Å². The maximum absolute atomic E-state index is 4.07. The first-order chi connectivity index (χ1) is 3.97. The van der Waals surface area contributed by atoms with Crippen molar-refractivity contribution in [3.05, 3.63) is 16.6 Å². The molecule has 0 spiro atoms. The van der Waals surface area contributed by atoms with Crippen molar-refractivity contribution in [2.24, 2.45) is 0 Å². The number of nitrogens with zero attached hydrogens (tertiary/aromatic N) is 1. The molecule has 0 aliphatic heterocycles. The minimum atomic E-state index is 0.343. The first-order valence-corrected chi connectivity index (χ1v) is 3.25. The van der Waals surface area contributed by atoms with Crippen LogP contribution in [0, 0.1) is 11.8 Å². The molecule has 0 bridgehead atoms. The molecular formula is C6H3NS. The van der Waals surface area contributed by atoms with Crippen LogP contribution in [-0.2, 0) is 0 Å². The van der Waals surface area contributed by atoms with Crippen LogP contribution in [-0.4, -0.2) is 4.98 Å². The quantitative estimate of drug-likeness (QED) is 0.509. The van der Waals surface area contributed by atoms with E-state index in [1.54, 1.807) is 11.3 Å². The van der Waals surface area contributed by atoms with Crippen LogP contribution in [0.15, 0.2) is 11.6 Å². The average molecular weight is 121 g/mol. The monoisotopic (exact) mass is 121 g/mol. The van der Waals surface area contributed by atoms with Gasteiger partial charge >= 0.3 is 0 Å². The summed E-state index contributed by atoms with van der Waals surface area (Å²) < 4.78 is 0. The smallest absolute Gasteiger partial charge is 0.133 e. The lowest BCUT2D eigenvalue weighted by atomic mass is 10.4. The van der Waals surface area contributed by atoms with Crippen LogP contribution in [0.4, 0.5) is 0 Å². The zero-order valence-corrected chi connectivity index (χ0v) is 4.90. The van der Waals surface area contributed by atoms with Gasteiger partial charge in [-0.3, -0.25) is 0 Å². The van der Waals surface area contributed by atoms with Gasteiger partial charge in [0, 0.05) is 11.6 Å². The molecule has 1 aliphatic rings. The Morgan fingerprint density at radius 3 is 3.00 bits per heavy atom. The van der Waals surface area contributed by atoms with E-state index in [2.05, 4.69) is 16.8 Å². The van der Waals surface area contributed by atoms with Crippen LogP contribution in [0.3, 0.4) is 0 Å². The van der Waals surface area contributed by atoms with Crippen molar-refractivity contribution in [2.75, 3.05) is 0 Å². The molecule has 1 aliphatic carbocycles. The van der Waals surface area contributed by atoms with Gasteiger partial charge in [-0.2, -0.15) is 0 Å². The van der Waals surface area contributed by atoms with E-state index in [4.69, 9.17) is 0 Å². The SMILES string of the molecule is C1#CC1c1nccs1. The predicted octanol–water partition coefficient (Wildman–Crippen LogP) is 1.24. The molecule has 0 aromatic carbocycles. The van der Waals surface area contributed by atoms with Gasteiger partial charge in [0.15, 0.2) is 0 Å². The van der Waals surface area contributed by atoms with Crippen molar-refractivity contribution in [3.8, 4) is 11.8 Å². The third-order valence-corrected chi connectivity index (χ3v) is 1.83. The minimum absolute atomic E-state index is 0.343. The summed E-state index contributed by atoms with van der Waals surface area (Å²) in [6.45, 7) is 0. The highest BCUT2D eigenvalue weighted by atomic mass is 32.1. The standard InChI is InChI=1S/C6H3NS/c1-2-5(1)6-7-3-4-8-6/h3-5H. The molecule has 1 aromatic heterocycles. The Labute approximate surface area is 51.4 Å². The van der Waals surface area contributed by atoms with E-state index in [0.717, 1.165) is 5.01 Å². The van der Waals surface area contributed by atoms with Crippen LogP contribution in [0.5, 0.6) is 0 Å². The molecule has 0 radical (unpaired) electrons. The average Bonchev–Trinajstić information content (AvgIpc) is 2.49. The molecule has 0 atom stereocenters. The predicted molar refractivity (Wildman–Crippen MR) is 32.6 cm³/mol. The summed E-state index contributed by atoms with van der Waals surface area (Å²) in [7, 11) is 0. The van der Waals surface area contributed by atoms with Crippen molar-refractivity contribution >= 4 is 11.3 Å². The van der Waals surface area contributed by atoms with Gasteiger partial charge < -0.3 is 0 Å². The zero-order chi connectivity index (χ0) is 5.40. The summed E-state index contributed by atoms with van der Waals surface area (Å²) in [5.74, 6) is 6.21. The van der Waals surface area contributed by atoms with E-state index in [0.29, 0.717) is 5.92 Å². The molecule has 0 saturated heterocycles. The first-order valence-electron chi connectivity index (χ1n) is 2.37. The number of aromatic nitrogens is 1. The summed E-state index contributed by atoms with van der Waals surface area (Å²) in [5, 5.41) is 3.08. The number of hydrogen-bond acceptors (Lipinski definition) is 2. The van der Waals surface area contributed by atoms with Crippen LogP contribution in [0.25, 0.3) is 0 Å². The second-order valence-corrected chi connectivity index (χ2v) is 2.52. The lowest BCUT2D eigenvalue weighted by Gasteiger charge is -1.80. The molecule has 2 rings (SSSR count). The molecule has 0 fully saturated rings. The summed E-state index contributed by atoms with van der Waals surface area (Å²) in [5.41, 5.74) is 0. The molecule has 0 saturated carbocycles. The molecule has 2 heteroatoms. The van der Waals surface area contributed by atoms with E-state index in [9.17, 15) is 0 Å². The molecule has 1 aromatic rings. The third-order valence-electron chi connectivity index (χ3n) is 0.987. The van der Waals surface area contributed by atoms with Crippen molar-refractivity contribution in [1.29, 1.82) is 0 Å². The Morgan fingerprint density at radius 2 is 2.50 bits per heavy atom. The number of thiazole rings is 1. The van der Waals surface area contributed by atoms with E-state index < -0.39 is 0 Å². The fraction of sp³-hybridized carbons (Fsp3) is 0.167. The van der Waals surface area contributed by atoms with Crippen molar-refractivity contribution in [3.63, 3.8) is 0 Å². The highest BCUT2D eigenvalue weighted by molar-refractivity contribution is 7.09. The van der Waals surface area contributed by atoms with Crippen LogP contribution >= 0.6 is 11.3 Å². The Kier molecular flexibility index (Phi) is 0.684. The van der Waals surface area contributed by atoms with Gasteiger partial charge in [0.1, 0.15) is 10.9 Å². The Balaban J connectivity index is 2.29. The first kappa shape index (κ1) is 4.11. The lowest BCUT2D eigenvalue weighted by Crippen LogP contribution is -1.75. The molecular weight excluding hydrogens is 118 g/mol. The molecule has 1 heterocycles. The van der Waals surface area contributed by atoms with Gasteiger partial charge in [0.05, 0.1) is 0 Å². The molecule has 38 valence electrons. The van der Waals surface area contributed by atoms with Gasteiger partial charge in [-0.25, -0.2) is 4.98 Å². The van der Waals surface area contributed by atoms with Gasteiger partial charge in [0.2, 0.25) is 0 Å². The van der Waals surface area contributed by atoms with Crippen LogP contribution < -0.4 is 0 Å². The fourth-order valence-electron chi connectivity index (χ4n) is 0.542. The summed E-state index contributed by atoms with van der Waals surface area (Å²) in [4.78, 5) is 4.07. The van der Waals surface area contributed by atoms with E-state index in [-0.39, 0.29) is 0 Å². The summed E-state index contributed by atoms with van der Waals surface area (Å²) in [6.07, 6.45) is 1.81.